The molecule has 4 atom stereocenters. The Morgan fingerprint density at radius 3 is 2.64 bits per heavy atom. The van der Waals surface area contributed by atoms with Gasteiger partial charge in [0.25, 0.3) is 5.91 Å². The lowest BCUT2D eigenvalue weighted by atomic mass is 9.78. The first-order valence-corrected chi connectivity index (χ1v) is 7.90. The van der Waals surface area contributed by atoms with Gasteiger partial charge in [-0.15, -0.1) is 0 Å². The molecular weight excluding hydrogens is 280 g/mol. The van der Waals surface area contributed by atoms with Gasteiger partial charge in [-0.1, -0.05) is 26.7 Å². The van der Waals surface area contributed by atoms with Crippen molar-refractivity contribution in [2.45, 2.75) is 52.2 Å². The van der Waals surface area contributed by atoms with E-state index < -0.39 is 12.1 Å². The molecule has 0 unspecified atom stereocenters. The number of aromatic nitrogens is 1. The zero-order valence-electron chi connectivity index (χ0n) is 13.4. The van der Waals surface area contributed by atoms with Crippen LogP contribution in [0, 0.1) is 11.8 Å². The molecule has 1 saturated carbocycles. The molecule has 1 aromatic heterocycles. The average molecular weight is 304 g/mol. The Labute approximate surface area is 131 Å². The maximum Gasteiger partial charge on any atom is 0.339 e. The molecule has 5 heteroatoms. The average Bonchev–Trinajstić information content (AvgIpc) is 2.52. The van der Waals surface area contributed by atoms with E-state index in [-0.39, 0.29) is 11.9 Å². The molecule has 1 aromatic rings. The molecule has 1 N–H and O–H groups in total. The minimum absolute atomic E-state index is 0.165. The number of ether oxygens (including phenoxy) is 1. The molecule has 5 nitrogen and oxygen atoms in total. The molecule has 1 amide bonds. The summed E-state index contributed by atoms with van der Waals surface area (Å²) in [5, 5.41) is 3.03. The second kappa shape index (κ2) is 7.38. The van der Waals surface area contributed by atoms with E-state index in [0.29, 0.717) is 17.4 Å². The van der Waals surface area contributed by atoms with Crippen molar-refractivity contribution in [2.24, 2.45) is 11.8 Å². The molecule has 22 heavy (non-hydrogen) atoms. The first kappa shape index (κ1) is 16.5. The Balaban J connectivity index is 1.88. The number of carbonyl (C=O) groups is 2. The van der Waals surface area contributed by atoms with Gasteiger partial charge in [-0.05, 0) is 37.3 Å². The lowest BCUT2D eigenvalue weighted by molar-refractivity contribution is -0.130. The van der Waals surface area contributed by atoms with Crippen molar-refractivity contribution in [2.75, 3.05) is 0 Å². The molecule has 0 bridgehead atoms. The third-order valence-electron chi connectivity index (χ3n) is 4.60. The molecule has 0 aromatic carbocycles. The molecule has 1 aliphatic carbocycles. The van der Waals surface area contributed by atoms with Crippen LogP contribution in [0.3, 0.4) is 0 Å². The fourth-order valence-corrected chi connectivity index (χ4v) is 2.86. The van der Waals surface area contributed by atoms with E-state index in [9.17, 15) is 9.59 Å². The number of esters is 1. The van der Waals surface area contributed by atoms with E-state index in [2.05, 4.69) is 24.1 Å². The Morgan fingerprint density at radius 2 is 1.95 bits per heavy atom. The van der Waals surface area contributed by atoms with Crippen molar-refractivity contribution in [1.82, 2.24) is 10.3 Å². The van der Waals surface area contributed by atoms with E-state index in [1.54, 1.807) is 19.1 Å². The molecule has 0 spiro atoms. The second-order valence-corrected chi connectivity index (χ2v) is 6.17. The van der Waals surface area contributed by atoms with Crippen LogP contribution >= 0.6 is 0 Å². The van der Waals surface area contributed by atoms with Crippen molar-refractivity contribution in [3.8, 4) is 0 Å². The van der Waals surface area contributed by atoms with Gasteiger partial charge in [0.15, 0.2) is 6.10 Å². The Bertz CT molecular complexity index is 518. The second-order valence-electron chi connectivity index (χ2n) is 6.17. The van der Waals surface area contributed by atoms with Crippen LogP contribution in [-0.4, -0.2) is 29.0 Å². The maximum atomic E-state index is 12.2. The van der Waals surface area contributed by atoms with E-state index in [1.807, 2.05) is 0 Å². The quantitative estimate of drug-likeness (QED) is 0.868. The van der Waals surface area contributed by atoms with Gasteiger partial charge in [0, 0.05) is 18.4 Å². The number of hydrogen-bond acceptors (Lipinski definition) is 4. The molecule has 0 saturated heterocycles. The van der Waals surface area contributed by atoms with Crippen LogP contribution < -0.4 is 5.32 Å². The molecule has 2 rings (SSSR count). The van der Waals surface area contributed by atoms with Gasteiger partial charge >= 0.3 is 5.97 Å². The predicted octanol–water partition coefficient (Wildman–Crippen LogP) is 2.57. The third kappa shape index (κ3) is 4.06. The van der Waals surface area contributed by atoms with Crippen molar-refractivity contribution in [3.63, 3.8) is 0 Å². The van der Waals surface area contributed by atoms with Gasteiger partial charge in [-0.25, -0.2) is 4.79 Å². The number of nitrogens with zero attached hydrogens (tertiary/aromatic N) is 1. The van der Waals surface area contributed by atoms with Crippen molar-refractivity contribution in [1.29, 1.82) is 0 Å². The summed E-state index contributed by atoms with van der Waals surface area (Å²) < 4.78 is 5.22. The lowest BCUT2D eigenvalue weighted by Crippen LogP contribution is -2.47. The van der Waals surface area contributed by atoms with Gasteiger partial charge in [0.05, 0.1) is 5.56 Å². The van der Waals surface area contributed by atoms with Gasteiger partial charge in [-0.3, -0.25) is 9.78 Å². The summed E-state index contributed by atoms with van der Waals surface area (Å²) in [6.07, 6.45) is 5.56. The molecule has 0 radical (unpaired) electrons. The molecule has 0 aliphatic heterocycles. The normalized spacial score (nSPS) is 26.0. The SMILES string of the molecule is C[C@@H]1[C@@H](C)CCC[C@H]1NC(=O)[C@@H](C)OC(=O)c1ccncc1. The van der Waals surface area contributed by atoms with Crippen LogP contribution in [0.1, 0.15) is 50.4 Å². The molecule has 1 fully saturated rings. The van der Waals surface area contributed by atoms with Crippen molar-refractivity contribution < 1.29 is 14.3 Å². The fraction of sp³-hybridized carbons (Fsp3) is 0.588. The van der Waals surface area contributed by atoms with Crippen LogP contribution in [0.5, 0.6) is 0 Å². The summed E-state index contributed by atoms with van der Waals surface area (Å²) in [5.41, 5.74) is 0.398. The van der Waals surface area contributed by atoms with Gasteiger partial charge < -0.3 is 10.1 Å². The highest BCUT2D eigenvalue weighted by atomic mass is 16.5. The Hall–Kier alpha value is -1.91. The van der Waals surface area contributed by atoms with Crippen LogP contribution in [0.25, 0.3) is 0 Å². The summed E-state index contributed by atoms with van der Waals surface area (Å²) in [5.74, 6) is 0.318. The molecule has 120 valence electrons. The zero-order chi connectivity index (χ0) is 16.1. The predicted molar refractivity (Wildman–Crippen MR) is 83.2 cm³/mol. The smallest absolute Gasteiger partial charge is 0.339 e. The van der Waals surface area contributed by atoms with Crippen LogP contribution in [-0.2, 0) is 9.53 Å². The summed E-state index contributed by atoms with van der Waals surface area (Å²) >= 11 is 0. The fourth-order valence-electron chi connectivity index (χ4n) is 2.86. The van der Waals surface area contributed by atoms with Gasteiger partial charge in [0.1, 0.15) is 0 Å². The molecular formula is C17H24N2O3. The minimum atomic E-state index is -0.801. The summed E-state index contributed by atoms with van der Waals surface area (Å²) in [6, 6.07) is 3.30. The standard InChI is InChI=1S/C17H24N2O3/c1-11-5-4-6-15(12(11)2)19-16(20)13(3)22-17(21)14-7-9-18-10-8-14/h7-13,15H,4-6H2,1-3H3,(H,19,20)/t11-,12+,13+,15+/m0/s1. The molecule has 1 heterocycles. The number of hydrogen-bond donors (Lipinski definition) is 1. The number of amides is 1. The highest BCUT2D eigenvalue weighted by Gasteiger charge is 2.30. The lowest BCUT2D eigenvalue weighted by Gasteiger charge is -2.35. The highest BCUT2D eigenvalue weighted by molar-refractivity contribution is 5.92. The topological polar surface area (TPSA) is 68.3 Å². The highest BCUT2D eigenvalue weighted by Crippen LogP contribution is 2.29. The first-order chi connectivity index (χ1) is 10.5. The number of pyridine rings is 1. The Kier molecular flexibility index (Phi) is 5.52. The van der Waals surface area contributed by atoms with E-state index in [0.717, 1.165) is 12.8 Å². The van der Waals surface area contributed by atoms with Crippen molar-refractivity contribution >= 4 is 11.9 Å². The minimum Gasteiger partial charge on any atom is -0.449 e. The largest absolute Gasteiger partial charge is 0.449 e. The van der Waals surface area contributed by atoms with E-state index in [1.165, 1.54) is 18.8 Å². The van der Waals surface area contributed by atoms with Crippen LogP contribution in [0.4, 0.5) is 0 Å². The van der Waals surface area contributed by atoms with Crippen LogP contribution in [0.2, 0.25) is 0 Å². The first-order valence-electron chi connectivity index (χ1n) is 7.90. The number of carbonyl (C=O) groups excluding carboxylic acids is 2. The van der Waals surface area contributed by atoms with Crippen molar-refractivity contribution in [3.05, 3.63) is 30.1 Å². The van der Waals surface area contributed by atoms with E-state index in [4.69, 9.17) is 4.74 Å². The Morgan fingerprint density at radius 1 is 1.27 bits per heavy atom. The summed E-state index contributed by atoms with van der Waals surface area (Å²) in [7, 11) is 0. The van der Waals surface area contributed by atoms with E-state index >= 15 is 0 Å². The number of nitrogens with one attached hydrogen (secondary N) is 1. The number of rotatable bonds is 4. The van der Waals surface area contributed by atoms with Gasteiger partial charge in [-0.2, -0.15) is 0 Å². The molecule has 1 aliphatic rings. The summed E-state index contributed by atoms with van der Waals surface area (Å²) in [4.78, 5) is 28.0. The van der Waals surface area contributed by atoms with Crippen LogP contribution in [0.15, 0.2) is 24.5 Å². The third-order valence-corrected chi connectivity index (χ3v) is 4.60. The van der Waals surface area contributed by atoms with Gasteiger partial charge in [0.2, 0.25) is 0 Å². The monoisotopic (exact) mass is 304 g/mol. The maximum absolute atomic E-state index is 12.2. The summed E-state index contributed by atoms with van der Waals surface area (Å²) in [6.45, 7) is 5.99. The zero-order valence-corrected chi connectivity index (χ0v) is 13.4.